The van der Waals surface area contributed by atoms with Crippen molar-refractivity contribution in [3.05, 3.63) is 40.7 Å². The minimum Gasteiger partial charge on any atom is -0.447 e. The van der Waals surface area contributed by atoms with E-state index < -0.39 is 6.09 Å². The normalized spacial score (nSPS) is 19.1. The third-order valence-corrected chi connectivity index (χ3v) is 7.33. The third kappa shape index (κ3) is 4.70. The van der Waals surface area contributed by atoms with Gasteiger partial charge in [0, 0.05) is 34.8 Å². The van der Waals surface area contributed by atoms with Crippen molar-refractivity contribution in [2.75, 3.05) is 11.9 Å². The predicted octanol–water partition coefficient (Wildman–Crippen LogP) is 5.13. The fourth-order valence-electron chi connectivity index (χ4n) is 5.24. The van der Waals surface area contributed by atoms with Gasteiger partial charge in [-0.15, -0.1) is 10.2 Å². The Bertz CT molecular complexity index is 1410. The molecule has 8 heteroatoms. The summed E-state index contributed by atoms with van der Waals surface area (Å²) < 4.78 is 20.0. The fourth-order valence-corrected chi connectivity index (χ4v) is 5.24. The van der Waals surface area contributed by atoms with E-state index in [2.05, 4.69) is 32.2 Å². The highest BCUT2D eigenvalue weighted by atomic mass is 16.6. The highest BCUT2D eigenvalue weighted by Gasteiger charge is 2.33. The number of aromatic nitrogens is 3. The highest BCUT2D eigenvalue weighted by molar-refractivity contribution is 5.86. The Morgan fingerprint density at radius 1 is 1.16 bits per heavy atom. The molecule has 8 nitrogen and oxygen atoms in total. The molecule has 0 spiro atoms. The van der Waals surface area contributed by atoms with Gasteiger partial charge >= 0.3 is 6.09 Å². The maximum atomic E-state index is 12.1. The van der Waals surface area contributed by atoms with Gasteiger partial charge in [0.25, 0.3) is 5.89 Å². The lowest BCUT2D eigenvalue weighted by Gasteiger charge is -2.30. The minimum atomic E-state index is -0.457. The number of nitrogens with zero attached hydrogens (tertiary/aromatic N) is 3. The second kappa shape index (κ2) is 9.82. The molecule has 2 saturated carbocycles. The van der Waals surface area contributed by atoms with Gasteiger partial charge in [-0.1, -0.05) is 18.2 Å². The van der Waals surface area contributed by atoms with Crippen LogP contribution >= 0.6 is 0 Å². The van der Waals surface area contributed by atoms with Crippen molar-refractivity contribution in [3.8, 4) is 22.7 Å². The van der Waals surface area contributed by atoms with Gasteiger partial charge in [0.2, 0.25) is 5.89 Å². The second-order valence-corrected chi connectivity index (χ2v) is 10.5. The number of carbonyl (C=O) groups is 1. The second-order valence-electron chi connectivity index (χ2n) is 10.5. The Morgan fingerprint density at radius 3 is 2.59 bits per heavy atom. The molecule has 3 aromatic rings. The molecule has 1 atom stereocenters. The van der Waals surface area contributed by atoms with Gasteiger partial charge in [0.15, 0.2) is 0 Å². The number of amides is 1. The molecule has 1 amide bonds. The Hall–Kier alpha value is -3.39. The SMILES string of the molecule is CCOC1C=c2c(c(-c3nnc(C4CC4)o3)c(-c3ccc(NC(=O)OC(C)C)cc3)n2C2CCC2)=CC1. The van der Waals surface area contributed by atoms with Gasteiger partial charge in [0.1, 0.15) is 0 Å². The monoisotopic (exact) mass is 502 g/mol. The average Bonchev–Trinajstić information content (AvgIpc) is 3.49. The van der Waals surface area contributed by atoms with Gasteiger partial charge < -0.3 is 18.5 Å². The lowest BCUT2D eigenvalue weighted by Crippen LogP contribution is -2.38. The molecule has 1 N–H and O–H groups in total. The zero-order chi connectivity index (χ0) is 25.5. The molecule has 0 saturated heterocycles. The fraction of sp³-hybridized carbons (Fsp3) is 0.483. The highest BCUT2D eigenvalue weighted by Crippen LogP contribution is 2.42. The van der Waals surface area contributed by atoms with E-state index in [0.717, 1.165) is 60.0 Å². The molecule has 2 aromatic heterocycles. The Balaban J connectivity index is 1.49. The number of rotatable bonds is 8. The van der Waals surface area contributed by atoms with Crippen molar-refractivity contribution in [1.82, 2.24) is 14.8 Å². The largest absolute Gasteiger partial charge is 0.447 e. The molecule has 3 aliphatic rings. The van der Waals surface area contributed by atoms with Crippen LogP contribution in [0.1, 0.15) is 77.1 Å². The predicted molar refractivity (Wildman–Crippen MR) is 141 cm³/mol. The number of anilines is 1. The number of nitrogens with one attached hydrogen (secondary N) is 1. The first-order chi connectivity index (χ1) is 18.0. The molecule has 2 heterocycles. The smallest absolute Gasteiger partial charge is 0.411 e. The molecule has 37 heavy (non-hydrogen) atoms. The average molecular weight is 503 g/mol. The molecule has 6 rings (SSSR count). The van der Waals surface area contributed by atoms with Crippen molar-refractivity contribution in [1.29, 1.82) is 0 Å². The Labute approximate surface area is 216 Å². The van der Waals surface area contributed by atoms with Crippen molar-refractivity contribution >= 4 is 23.9 Å². The first kappa shape index (κ1) is 24.0. The lowest BCUT2D eigenvalue weighted by molar-refractivity contribution is 0.110. The van der Waals surface area contributed by atoms with Crippen LogP contribution in [0.15, 0.2) is 28.7 Å². The molecule has 194 valence electrons. The van der Waals surface area contributed by atoms with Gasteiger partial charge in [-0.2, -0.15) is 0 Å². The summed E-state index contributed by atoms with van der Waals surface area (Å²) in [4.78, 5) is 12.1. The molecule has 1 unspecified atom stereocenters. The van der Waals surface area contributed by atoms with Crippen LogP contribution in [0.25, 0.3) is 34.9 Å². The number of hydrogen-bond donors (Lipinski definition) is 1. The van der Waals surface area contributed by atoms with Crippen LogP contribution in [0.4, 0.5) is 10.5 Å². The first-order valence-electron chi connectivity index (χ1n) is 13.5. The van der Waals surface area contributed by atoms with Gasteiger partial charge in [-0.25, -0.2) is 4.79 Å². The Kier molecular flexibility index (Phi) is 6.36. The summed E-state index contributed by atoms with van der Waals surface area (Å²) in [5.41, 5.74) is 3.81. The summed E-state index contributed by atoms with van der Waals surface area (Å²) in [5, 5.41) is 14.1. The summed E-state index contributed by atoms with van der Waals surface area (Å²) >= 11 is 0. The summed E-state index contributed by atoms with van der Waals surface area (Å²) in [6.07, 6.45) is 10.5. The van der Waals surface area contributed by atoms with E-state index in [4.69, 9.17) is 13.9 Å². The van der Waals surface area contributed by atoms with Gasteiger partial charge in [-0.05, 0) is 83.1 Å². The zero-order valence-corrected chi connectivity index (χ0v) is 21.7. The van der Waals surface area contributed by atoms with Crippen LogP contribution < -0.4 is 15.9 Å². The molecular formula is C29H34N4O4. The molecule has 0 bridgehead atoms. The van der Waals surface area contributed by atoms with Crippen molar-refractivity contribution in [3.63, 3.8) is 0 Å². The van der Waals surface area contributed by atoms with E-state index in [9.17, 15) is 4.79 Å². The topological polar surface area (TPSA) is 91.4 Å². The van der Waals surface area contributed by atoms with Gasteiger partial charge in [-0.3, -0.25) is 5.32 Å². The van der Waals surface area contributed by atoms with Crippen LogP contribution in [0.5, 0.6) is 0 Å². The van der Waals surface area contributed by atoms with E-state index in [1.807, 2.05) is 45.0 Å². The van der Waals surface area contributed by atoms with E-state index in [1.165, 1.54) is 11.8 Å². The van der Waals surface area contributed by atoms with E-state index >= 15 is 0 Å². The van der Waals surface area contributed by atoms with Gasteiger partial charge in [0.05, 0.1) is 23.5 Å². The number of benzene rings is 1. The van der Waals surface area contributed by atoms with Crippen LogP contribution in [0, 0.1) is 0 Å². The van der Waals surface area contributed by atoms with E-state index in [-0.39, 0.29) is 12.2 Å². The maximum absolute atomic E-state index is 12.1. The molecule has 2 fully saturated rings. The summed E-state index contributed by atoms with van der Waals surface area (Å²) in [6.45, 7) is 6.37. The summed E-state index contributed by atoms with van der Waals surface area (Å²) in [6, 6.07) is 8.33. The molecular weight excluding hydrogens is 468 g/mol. The number of carbonyl (C=O) groups excluding carboxylic acids is 1. The molecule has 3 aliphatic carbocycles. The molecule has 0 radical (unpaired) electrons. The molecule has 0 aliphatic heterocycles. The maximum Gasteiger partial charge on any atom is 0.411 e. The molecule has 1 aromatic carbocycles. The van der Waals surface area contributed by atoms with Crippen molar-refractivity contribution in [2.45, 2.75) is 83.5 Å². The lowest BCUT2D eigenvalue weighted by atomic mass is 9.92. The first-order valence-corrected chi connectivity index (χ1v) is 13.5. The number of ether oxygens (including phenoxy) is 2. The standard InChI is InChI=1S/C29H34N4O4/c1-4-35-22-14-15-23-24(16-22)33(21-6-5-7-21)26(25(23)28-32-31-27(37-28)19-8-9-19)18-10-12-20(13-11-18)30-29(34)36-17(2)3/h10-13,15-17,19,21-22H,4-9,14H2,1-3H3,(H,30,34). The van der Waals surface area contributed by atoms with E-state index in [1.54, 1.807) is 0 Å². The van der Waals surface area contributed by atoms with Crippen LogP contribution in [0.2, 0.25) is 0 Å². The van der Waals surface area contributed by atoms with Crippen LogP contribution in [-0.4, -0.2) is 39.7 Å². The summed E-state index contributed by atoms with van der Waals surface area (Å²) in [7, 11) is 0. The quantitative estimate of drug-likeness (QED) is 0.459. The number of hydrogen-bond acceptors (Lipinski definition) is 6. The minimum absolute atomic E-state index is 0.0511. The number of fused-ring (bicyclic) bond motifs is 1. The third-order valence-electron chi connectivity index (χ3n) is 7.33. The summed E-state index contributed by atoms with van der Waals surface area (Å²) in [5.74, 6) is 1.71. The van der Waals surface area contributed by atoms with Crippen LogP contribution in [0.3, 0.4) is 0 Å². The zero-order valence-electron chi connectivity index (χ0n) is 21.7. The van der Waals surface area contributed by atoms with E-state index in [0.29, 0.717) is 30.1 Å². The Morgan fingerprint density at radius 2 is 1.95 bits per heavy atom. The van der Waals surface area contributed by atoms with Crippen molar-refractivity contribution < 1.29 is 18.7 Å². The van der Waals surface area contributed by atoms with Crippen molar-refractivity contribution in [2.24, 2.45) is 0 Å². The van der Waals surface area contributed by atoms with Crippen LogP contribution in [-0.2, 0) is 9.47 Å².